The molecule has 8 heteroatoms. The summed E-state index contributed by atoms with van der Waals surface area (Å²) in [5.41, 5.74) is 1.45. The number of aromatic nitrogens is 1. The fourth-order valence-electron chi connectivity index (χ4n) is 2.16. The highest BCUT2D eigenvalue weighted by atomic mass is 32.2. The van der Waals surface area contributed by atoms with Gasteiger partial charge in [-0.1, -0.05) is 24.3 Å². The van der Waals surface area contributed by atoms with Crippen molar-refractivity contribution in [3.63, 3.8) is 0 Å². The molecule has 0 amide bonds. The minimum Gasteiger partial charge on any atom is -0.481 e. The lowest BCUT2D eigenvalue weighted by Crippen LogP contribution is -1.98. The molecule has 0 fully saturated rings. The van der Waals surface area contributed by atoms with Crippen LogP contribution in [0.4, 0.5) is 5.69 Å². The number of nitro benzene ring substituents is 1. The van der Waals surface area contributed by atoms with Gasteiger partial charge >= 0.3 is 5.97 Å². The van der Waals surface area contributed by atoms with Crippen LogP contribution >= 0.6 is 23.1 Å². The summed E-state index contributed by atoms with van der Waals surface area (Å²) in [5.74, 6) is -1.05. The summed E-state index contributed by atoms with van der Waals surface area (Å²) in [6, 6.07) is 13.8. The van der Waals surface area contributed by atoms with E-state index in [0.29, 0.717) is 15.5 Å². The third-order valence-electron chi connectivity index (χ3n) is 3.23. The number of hydrogen-bond donors (Lipinski definition) is 1. The molecule has 0 atom stereocenters. The molecule has 6 nitrogen and oxygen atoms in total. The smallest absolute Gasteiger partial charge is 0.313 e. The van der Waals surface area contributed by atoms with Crippen LogP contribution in [0.5, 0.6) is 0 Å². The Hall–Kier alpha value is -2.71. The topological polar surface area (TPSA) is 93.3 Å². The van der Waals surface area contributed by atoms with E-state index in [9.17, 15) is 14.9 Å². The van der Waals surface area contributed by atoms with Gasteiger partial charge in [0.1, 0.15) is 5.01 Å². The number of aliphatic carboxylic acids is 1. The van der Waals surface area contributed by atoms with Crippen LogP contribution in [0.15, 0.2) is 48.5 Å². The van der Waals surface area contributed by atoms with Gasteiger partial charge in [-0.05, 0) is 23.8 Å². The zero-order valence-electron chi connectivity index (χ0n) is 12.8. The van der Waals surface area contributed by atoms with E-state index in [1.54, 1.807) is 18.2 Å². The van der Waals surface area contributed by atoms with Gasteiger partial charge in [0, 0.05) is 17.0 Å². The second-order valence-corrected chi connectivity index (χ2v) is 7.08. The number of fused-ring (bicyclic) bond motifs is 1. The predicted octanol–water partition coefficient (Wildman–Crippen LogP) is 4.52. The number of carboxylic acids is 1. The highest BCUT2D eigenvalue weighted by molar-refractivity contribution is 8.09. The van der Waals surface area contributed by atoms with Gasteiger partial charge < -0.3 is 5.11 Å². The van der Waals surface area contributed by atoms with Crippen LogP contribution in [-0.4, -0.2) is 26.7 Å². The van der Waals surface area contributed by atoms with E-state index in [2.05, 4.69) is 4.98 Å². The average molecular weight is 372 g/mol. The molecule has 0 bridgehead atoms. The number of thiazole rings is 1. The Kier molecular flexibility index (Phi) is 5.11. The molecule has 1 heterocycles. The highest BCUT2D eigenvalue weighted by Gasteiger charge is 2.13. The lowest BCUT2D eigenvalue weighted by Gasteiger charge is -2.03. The van der Waals surface area contributed by atoms with Crippen LogP contribution in [0.25, 0.3) is 21.2 Å². The Morgan fingerprint density at radius 2 is 2.08 bits per heavy atom. The SMILES string of the molecule is O=C(O)CS/C(=C\c1cccc([N+](=O)[O-])c1)c1nc2ccccc2s1. The maximum absolute atomic E-state index is 10.9. The zero-order valence-corrected chi connectivity index (χ0v) is 14.4. The number of benzene rings is 2. The summed E-state index contributed by atoms with van der Waals surface area (Å²) in [7, 11) is 0. The van der Waals surface area contributed by atoms with E-state index < -0.39 is 10.9 Å². The monoisotopic (exact) mass is 372 g/mol. The second-order valence-electron chi connectivity index (χ2n) is 5.03. The summed E-state index contributed by atoms with van der Waals surface area (Å²) >= 11 is 2.61. The van der Waals surface area contributed by atoms with Crippen molar-refractivity contribution in [3.8, 4) is 0 Å². The van der Waals surface area contributed by atoms with Crippen molar-refractivity contribution >= 4 is 56.0 Å². The Balaban J connectivity index is 2.03. The molecule has 3 aromatic rings. The van der Waals surface area contributed by atoms with Crippen LogP contribution < -0.4 is 0 Å². The molecule has 2 aromatic carbocycles. The van der Waals surface area contributed by atoms with E-state index in [1.807, 2.05) is 24.3 Å². The summed E-state index contributed by atoms with van der Waals surface area (Å²) in [6.45, 7) is 0. The third kappa shape index (κ3) is 4.23. The Bertz CT molecular complexity index is 948. The van der Waals surface area contributed by atoms with Crippen molar-refractivity contribution in [1.29, 1.82) is 0 Å². The molecule has 1 N–H and O–H groups in total. The second kappa shape index (κ2) is 7.45. The molecule has 0 radical (unpaired) electrons. The normalized spacial score (nSPS) is 11.6. The van der Waals surface area contributed by atoms with Gasteiger partial charge in [0.05, 0.1) is 20.9 Å². The number of rotatable bonds is 6. The number of hydrogen-bond acceptors (Lipinski definition) is 6. The number of carbonyl (C=O) groups is 1. The lowest BCUT2D eigenvalue weighted by molar-refractivity contribution is -0.384. The third-order valence-corrected chi connectivity index (χ3v) is 5.45. The van der Waals surface area contributed by atoms with Gasteiger partial charge in [-0.15, -0.1) is 23.1 Å². The minimum atomic E-state index is -0.934. The van der Waals surface area contributed by atoms with Crippen molar-refractivity contribution in [2.45, 2.75) is 0 Å². The molecule has 0 unspecified atom stereocenters. The van der Waals surface area contributed by atoms with Crippen LogP contribution in [0.2, 0.25) is 0 Å². The molecule has 3 rings (SSSR count). The molecule has 0 spiro atoms. The number of nitro groups is 1. The largest absolute Gasteiger partial charge is 0.481 e. The van der Waals surface area contributed by atoms with E-state index in [4.69, 9.17) is 5.11 Å². The molecule has 0 aliphatic carbocycles. The fourth-order valence-corrected chi connectivity index (χ4v) is 4.01. The number of para-hydroxylation sites is 1. The highest BCUT2D eigenvalue weighted by Crippen LogP contribution is 2.35. The maximum atomic E-state index is 10.9. The summed E-state index contributed by atoms with van der Waals surface area (Å²) < 4.78 is 0.998. The number of thioether (sulfide) groups is 1. The standard InChI is InChI=1S/C17H12N2O4S2/c20-16(21)10-24-15(9-11-4-3-5-12(8-11)19(22)23)17-18-13-6-1-2-7-14(13)25-17/h1-9H,10H2,(H,20,21)/b15-9-. The minimum absolute atomic E-state index is 0.0133. The molecule has 25 heavy (non-hydrogen) atoms. The van der Waals surface area contributed by atoms with Gasteiger partial charge in [0.25, 0.3) is 5.69 Å². The molecule has 1 aromatic heterocycles. The average Bonchev–Trinajstić information content (AvgIpc) is 3.02. The first-order valence-electron chi connectivity index (χ1n) is 7.19. The van der Waals surface area contributed by atoms with Gasteiger partial charge in [-0.3, -0.25) is 14.9 Å². The molecule has 0 saturated heterocycles. The molecule has 0 aliphatic rings. The first-order valence-corrected chi connectivity index (χ1v) is 9.00. The first kappa shape index (κ1) is 17.1. The van der Waals surface area contributed by atoms with Crippen molar-refractivity contribution in [2.75, 3.05) is 5.75 Å². The van der Waals surface area contributed by atoms with Crippen molar-refractivity contribution in [1.82, 2.24) is 4.98 Å². The van der Waals surface area contributed by atoms with Crippen LogP contribution in [-0.2, 0) is 4.79 Å². The fraction of sp³-hybridized carbons (Fsp3) is 0.0588. The summed E-state index contributed by atoms with van der Waals surface area (Å²) in [4.78, 5) is 26.6. The Morgan fingerprint density at radius 1 is 1.28 bits per heavy atom. The van der Waals surface area contributed by atoms with Crippen molar-refractivity contribution in [2.24, 2.45) is 0 Å². The molecule has 126 valence electrons. The van der Waals surface area contributed by atoms with Gasteiger partial charge in [0.15, 0.2) is 0 Å². The number of carboxylic acid groups (broad SMARTS) is 1. The van der Waals surface area contributed by atoms with Crippen LogP contribution in [0.1, 0.15) is 10.6 Å². The molecular formula is C17H12N2O4S2. The maximum Gasteiger partial charge on any atom is 0.313 e. The van der Waals surface area contributed by atoms with Crippen LogP contribution in [0.3, 0.4) is 0 Å². The van der Waals surface area contributed by atoms with Gasteiger partial charge in [0.2, 0.25) is 0 Å². The quantitative estimate of drug-likeness (QED) is 0.505. The number of non-ortho nitro benzene ring substituents is 1. The molecule has 0 aliphatic heterocycles. The summed E-state index contributed by atoms with van der Waals surface area (Å²) in [5, 5.41) is 20.6. The van der Waals surface area contributed by atoms with Gasteiger partial charge in [-0.25, -0.2) is 4.98 Å². The number of nitrogens with zero attached hydrogens (tertiary/aromatic N) is 2. The summed E-state index contributed by atoms with van der Waals surface area (Å²) in [6.07, 6.45) is 1.73. The molecule has 0 saturated carbocycles. The van der Waals surface area contributed by atoms with Crippen LogP contribution in [0, 0.1) is 10.1 Å². The van der Waals surface area contributed by atoms with Crippen molar-refractivity contribution in [3.05, 3.63) is 69.2 Å². The van der Waals surface area contributed by atoms with E-state index >= 15 is 0 Å². The lowest BCUT2D eigenvalue weighted by atomic mass is 10.2. The Morgan fingerprint density at radius 3 is 2.80 bits per heavy atom. The van der Waals surface area contributed by atoms with E-state index in [0.717, 1.165) is 22.0 Å². The zero-order chi connectivity index (χ0) is 17.8. The van der Waals surface area contributed by atoms with E-state index in [-0.39, 0.29) is 11.4 Å². The van der Waals surface area contributed by atoms with Crippen molar-refractivity contribution < 1.29 is 14.8 Å². The molecular weight excluding hydrogens is 360 g/mol. The predicted molar refractivity (Wildman–Crippen MR) is 101 cm³/mol. The first-order chi connectivity index (χ1) is 12.0. The Labute approximate surface area is 151 Å². The van der Waals surface area contributed by atoms with Gasteiger partial charge in [-0.2, -0.15) is 0 Å². The van der Waals surface area contributed by atoms with E-state index in [1.165, 1.54) is 23.5 Å².